The van der Waals surface area contributed by atoms with E-state index in [1.807, 2.05) is 0 Å². The summed E-state index contributed by atoms with van der Waals surface area (Å²) in [5.74, 6) is -0.704. The van der Waals surface area contributed by atoms with Crippen molar-refractivity contribution in [1.29, 1.82) is 0 Å². The molecule has 0 amide bonds. The van der Waals surface area contributed by atoms with Crippen molar-refractivity contribution >= 4 is 12.0 Å². The number of aromatic hydroxyl groups is 1. The minimum Gasteiger partial charge on any atom is -0.504 e. The standard InChI is InChI=1S/C22H32O13/c1-10(23)17(27)18(28)13(25)8-34-22-21(31)20(30)19(29)15(35-22)9-33-16(26)6-4-11-3-5-14(32-2)12(24)7-11/h3-7,10,13,15,17-25,27-31H,8-9H2,1-2H3. The molecule has 0 bridgehead atoms. The summed E-state index contributed by atoms with van der Waals surface area (Å²) in [6, 6.07) is 4.45. The molecule has 0 aromatic heterocycles. The fourth-order valence-electron chi connectivity index (χ4n) is 3.18. The molecule has 13 heteroatoms. The van der Waals surface area contributed by atoms with Gasteiger partial charge in [0.25, 0.3) is 0 Å². The summed E-state index contributed by atoms with van der Waals surface area (Å²) in [4.78, 5) is 12.0. The smallest absolute Gasteiger partial charge is 0.330 e. The van der Waals surface area contributed by atoms with Crippen LogP contribution in [0.25, 0.3) is 6.08 Å². The fourth-order valence-corrected chi connectivity index (χ4v) is 3.18. The second-order valence-corrected chi connectivity index (χ2v) is 8.03. The number of aliphatic hydroxyl groups excluding tert-OH is 7. The van der Waals surface area contributed by atoms with Gasteiger partial charge in [-0.15, -0.1) is 0 Å². The van der Waals surface area contributed by atoms with Gasteiger partial charge in [0, 0.05) is 6.08 Å². The van der Waals surface area contributed by atoms with Gasteiger partial charge in [0.15, 0.2) is 17.8 Å². The predicted octanol–water partition coefficient (Wildman–Crippen LogP) is -2.76. The molecule has 1 aliphatic heterocycles. The third-order valence-electron chi connectivity index (χ3n) is 5.34. The van der Waals surface area contributed by atoms with Crippen LogP contribution in [0.5, 0.6) is 11.5 Å². The summed E-state index contributed by atoms with van der Waals surface area (Å²) in [5.41, 5.74) is 0.475. The zero-order valence-electron chi connectivity index (χ0n) is 19.1. The van der Waals surface area contributed by atoms with E-state index in [1.165, 1.54) is 32.2 Å². The SMILES string of the molecule is COc1ccc(C=CC(=O)OCC2OC(OCC(O)C(O)C(O)C(C)O)C(O)C(O)C2O)cc1O. The first-order valence-electron chi connectivity index (χ1n) is 10.7. The Morgan fingerprint density at radius 1 is 1.09 bits per heavy atom. The predicted molar refractivity (Wildman–Crippen MR) is 117 cm³/mol. The monoisotopic (exact) mass is 504 g/mol. The van der Waals surface area contributed by atoms with Gasteiger partial charge in [0.1, 0.15) is 49.3 Å². The normalized spacial score (nSPS) is 28.3. The van der Waals surface area contributed by atoms with Crippen molar-refractivity contribution in [3.63, 3.8) is 0 Å². The lowest BCUT2D eigenvalue weighted by Gasteiger charge is -2.40. The van der Waals surface area contributed by atoms with Gasteiger partial charge in [0.05, 0.1) is 19.8 Å². The second kappa shape index (κ2) is 13.1. The van der Waals surface area contributed by atoms with E-state index in [0.29, 0.717) is 5.56 Å². The zero-order chi connectivity index (χ0) is 26.3. The van der Waals surface area contributed by atoms with Gasteiger partial charge in [-0.1, -0.05) is 6.07 Å². The van der Waals surface area contributed by atoms with Crippen LogP contribution in [0.15, 0.2) is 24.3 Å². The van der Waals surface area contributed by atoms with Crippen molar-refractivity contribution in [1.82, 2.24) is 0 Å². The minimum absolute atomic E-state index is 0.127. The number of hydrogen-bond acceptors (Lipinski definition) is 13. The van der Waals surface area contributed by atoms with Crippen molar-refractivity contribution in [3.8, 4) is 11.5 Å². The highest BCUT2D eigenvalue weighted by molar-refractivity contribution is 5.87. The van der Waals surface area contributed by atoms with E-state index in [1.54, 1.807) is 6.07 Å². The van der Waals surface area contributed by atoms with Crippen LogP contribution in [-0.2, 0) is 19.0 Å². The lowest BCUT2D eigenvalue weighted by Crippen LogP contribution is -2.60. The molecule has 9 unspecified atom stereocenters. The van der Waals surface area contributed by atoms with Crippen LogP contribution >= 0.6 is 0 Å². The molecule has 1 aliphatic rings. The van der Waals surface area contributed by atoms with E-state index in [4.69, 9.17) is 18.9 Å². The molecule has 8 N–H and O–H groups in total. The lowest BCUT2D eigenvalue weighted by molar-refractivity contribution is -0.307. The van der Waals surface area contributed by atoms with Gasteiger partial charge >= 0.3 is 5.97 Å². The Morgan fingerprint density at radius 3 is 2.37 bits per heavy atom. The number of ether oxygens (including phenoxy) is 4. The number of carbonyl (C=O) groups is 1. The highest BCUT2D eigenvalue weighted by Gasteiger charge is 2.45. The second-order valence-electron chi connectivity index (χ2n) is 8.03. The largest absolute Gasteiger partial charge is 0.504 e. The van der Waals surface area contributed by atoms with E-state index in [0.717, 1.165) is 6.08 Å². The highest BCUT2D eigenvalue weighted by Crippen LogP contribution is 2.27. The molecule has 1 heterocycles. The van der Waals surface area contributed by atoms with E-state index in [2.05, 4.69) is 0 Å². The van der Waals surface area contributed by atoms with Crippen molar-refractivity contribution < 1.29 is 64.6 Å². The first-order valence-corrected chi connectivity index (χ1v) is 10.7. The van der Waals surface area contributed by atoms with Crippen LogP contribution in [0.3, 0.4) is 0 Å². The molecule has 1 aromatic carbocycles. The summed E-state index contributed by atoms with van der Waals surface area (Å²) in [5, 5.41) is 78.7. The molecule has 0 aliphatic carbocycles. The molecule has 1 fully saturated rings. The van der Waals surface area contributed by atoms with Gasteiger partial charge in [-0.05, 0) is 30.7 Å². The number of aliphatic hydroxyl groups is 7. The first-order chi connectivity index (χ1) is 16.5. The number of carbonyl (C=O) groups excluding carboxylic acids is 1. The van der Waals surface area contributed by atoms with Crippen molar-refractivity contribution in [2.75, 3.05) is 20.3 Å². The van der Waals surface area contributed by atoms with Gasteiger partial charge < -0.3 is 59.8 Å². The van der Waals surface area contributed by atoms with Crippen molar-refractivity contribution in [2.24, 2.45) is 0 Å². The summed E-state index contributed by atoms with van der Waals surface area (Å²) < 4.78 is 20.4. The van der Waals surface area contributed by atoms with Gasteiger partial charge in [-0.3, -0.25) is 0 Å². The van der Waals surface area contributed by atoms with Crippen LogP contribution in [0.1, 0.15) is 12.5 Å². The number of esters is 1. The van der Waals surface area contributed by atoms with E-state index < -0.39 is 74.3 Å². The number of phenols is 1. The molecule has 13 nitrogen and oxygen atoms in total. The molecular weight excluding hydrogens is 472 g/mol. The van der Waals surface area contributed by atoms with Crippen LogP contribution < -0.4 is 4.74 Å². The van der Waals surface area contributed by atoms with E-state index in [9.17, 15) is 45.6 Å². The average Bonchev–Trinajstić information content (AvgIpc) is 2.83. The van der Waals surface area contributed by atoms with Crippen LogP contribution in [-0.4, -0.2) is 122 Å². The Morgan fingerprint density at radius 2 is 1.77 bits per heavy atom. The van der Waals surface area contributed by atoms with Crippen LogP contribution in [0.4, 0.5) is 0 Å². The molecule has 0 spiro atoms. The fraction of sp³-hybridized carbons (Fsp3) is 0.591. The molecule has 1 saturated heterocycles. The highest BCUT2D eigenvalue weighted by atomic mass is 16.7. The quantitative estimate of drug-likeness (QED) is 0.113. The molecule has 35 heavy (non-hydrogen) atoms. The maximum absolute atomic E-state index is 12.0. The van der Waals surface area contributed by atoms with Crippen LogP contribution in [0.2, 0.25) is 0 Å². The number of rotatable bonds is 11. The van der Waals surface area contributed by atoms with Crippen molar-refractivity contribution in [2.45, 2.75) is 62.0 Å². The molecule has 198 valence electrons. The molecular formula is C22H32O13. The minimum atomic E-state index is -1.78. The van der Waals surface area contributed by atoms with E-state index in [-0.39, 0.29) is 11.5 Å². The summed E-state index contributed by atoms with van der Waals surface area (Å²) in [6.07, 6.45) is -12.1. The maximum atomic E-state index is 12.0. The third kappa shape index (κ3) is 7.83. The van der Waals surface area contributed by atoms with Gasteiger partial charge in [-0.25, -0.2) is 4.79 Å². The number of hydrogen-bond donors (Lipinski definition) is 8. The number of phenolic OH excluding ortho intramolecular Hbond substituents is 1. The van der Waals surface area contributed by atoms with Gasteiger partial charge in [0.2, 0.25) is 0 Å². The number of methoxy groups -OCH3 is 1. The Bertz CT molecular complexity index is 845. The third-order valence-corrected chi connectivity index (χ3v) is 5.34. The average molecular weight is 504 g/mol. The van der Waals surface area contributed by atoms with Crippen molar-refractivity contribution in [3.05, 3.63) is 29.8 Å². The molecule has 0 saturated carbocycles. The molecule has 9 atom stereocenters. The Hall–Kier alpha value is -2.33. The summed E-state index contributed by atoms with van der Waals surface area (Å²) >= 11 is 0. The maximum Gasteiger partial charge on any atom is 0.330 e. The molecule has 1 aromatic rings. The molecule has 0 radical (unpaired) electrons. The lowest BCUT2D eigenvalue weighted by atomic mass is 9.99. The Kier molecular flexibility index (Phi) is 10.8. The van der Waals surface area contributed by atoms with Crippen LogP contribution in [0, 0.1) is 0 Å². The van der Waals surface area contributed by atoms with E-state index >= 15 is 0 Å². The Balaban J connectivity index is 1.91. The summed E-state index contributed by atoms with van der Waals surface area (Å²) in [7, 11) is 1.39. The topological polar surface area (TPSA) is 216 Å². The summed E-state index contributed by atoms with van der Waals surface area (Å²) in [6.45, 7) is 0.00235. The Labute approximate surface area is 201 Å². The number of benzene rings is 1. The first kappa shape index (κ1) is 28.9. The zero-order valence-corrected chi connectivity index (χ0v) is 19.1. The molecule has 2 rings (SSSR count). The van der Waals surface area contributed by atoms with Gasteiger partial charge in [-0.2, -0.15) is 0 Å².